The maximum atomic E-state index is 12.4. The molecule has 7 nitrogen and oxygen atoms in total. The topological polar surface area (TPSA) is 72.4 Å². The van der Waals surface area contributed by atoms with Crippen LogP contribution in [0.5, 0.6) is 11.5 Å². The molecule has 1 unspecified atom stereocenters. The Hall–Kier alpha value is -2.44. The van der Waals surface area contributed by atoms with Crippen LogP contribution in [0.4, 0.5) is 4.79 Å². The predicted octanol–water partition coefficient (Wildman–Crippen LogP) is 4.10. The van der Waals surface area contributed by atoms with Crippen LogP contribution >= 0.6 is 0 Å². The number of unbranched alkanes of at least 4 members (excludes halogenated alkanes) is 1. The van der Waals surface area contributed by atoms with Gasteiger partial charge in [0, 0.05) is 31.5 Å². The fourth-order valence-corrected chi connectivity index (χ4v) is 4.53. The quantitative estimate of drug-likeness (QED) is 0.681. The SMILES string of the molecule is CCCCNC(=O)N1CCC2(CC(c3ccc(OC)c(OC4CCCC4)c3)=NO2)C1. The number of hydrogen-bond acceptors (Lipinski definition) is 5. The van der Waals surface area contributed by atoms with Gasteiger partial charge in [0.05, 0.1) is 25.5 Å². The summed E-state index contributed by atoms with van der Waals surface area (Å²) in [6.45, 7) is 4.10. The number of methoxy groups -OCH3 is 1. The zero-order chi connectivity index (χ0) is 21.0. The molecule has 1 atom stereocenters. The van der Waals surface area contributed by atoms with Gasteiger partial charge < -0.3 is 24.5 Å². The number of rotatable bonds is 7. The van der Waals surface area contributed by atoms with E-state index in [-0.39, 0.29) is 12.1 Å². The van der Waals surface area contributed by atoms with Crippen molar-refractivity contribution >= 4 is 11.7 Å². The lowest BCUT2D eigenvalue weighted by Crippen LogP contribution is -2.42. The molecular formula is C23H33N3O4. The summed E-state index contributed by atoms with van der Waals surface area (Å²) in [5.41, 5.74) is 1.48. The van der Waals surface area contributed by atoms with Crippen LogP contribution in [-0.4, -0.2) is 55.1 Å². The average molecular weight is 416 g/mol. The Morgan fingerprint density at radius 2 is 2.17 bits per heavy atom. The molecule has 7 heteroatoms. The first-order valence-corrected chi connectivity index (χ1v) is 11.3. The Labute approximate surface area is 178 Å². The van der Waals surface area contributed by atoms with Crippen LogP contribution in [0.1, 0.15) is 63.9 Å². The second-order valence-corrected chi connectivity index (χ2v) is 8.64. The van der Waals surface area contributed by atoms with Crippen LogP contribution in [0.25, 0.3) is 0 Å². The summed E-state index contributed by atoms with van der Waals surface area (Å²) >= 11 is 0. The fraction of sp³-hybridized carbons (Fsp3) is 0.652. The van der Waals surface area contributed by atoms with Crippen LogP contribution in [0.2, 0.25) is 0 Å². The lowest BCUT2D eigenvalue weighted by Gasteiger charge is -2.22. The summed E-state index contributed by atoms with van der Waals surface area (Å²) in [7, 11) is 1.67. The van der Waals surface area contributed by atoms with Gasteiger partial charge in [-0.25, -0.2) is 4.79 Å². The number of carbonyl (C=O) groups excluding carboxylic acids is 1. The maximum absolute atomic E-state index is 12.4. The van der Waals surface area contributed by atoms with Gasteiger partial charge in [-0.15, -0.1) is 0 Å². The second kappa shape index (κ2) is 9.14. The Balaban J connectivity index is 1.40. The molecule has 1 aromatic carbocycles. The minimum absolute atomic E-state index is 0.00549. The Bertz CT molecular complexity index is 791. The standard InChI is InChI=1S/C23H33N3O4/c1-3-4-12-24-22(27)26-13-11-23(16-26)15-19(25-30-23)17-9-10-20(28-2)21(14-17)29-18-7-5-6-8-18/h9-10,14,18H,3-8,11-13,15-16H2,1-2H3,(H,24,27). The number of nitrogens with zero attached hydrogens (tertiary/aromatic N) is 2. The van der Waals surface area contributed by atoms with Crippen molar-refractivity contribution in [1.82, 2.24) is 10.2 Å². The van der Waals surface area contributed by atoms with E-state index in [4.69, 9.17) is 14.3 Å². The molecular weight excluding hydrogens is 382 g/mol. The van der Waals surface area contributed by atoms with Gasteiger partial charge in [-0.05, 0) is 50.3 Å². The van der Waals surface area contributed by atoms with Crippen molar-refractivity contribution in [2.24, 2.45) is 5.16 Å². The van der Waals surface area contributed by atoms with E-state index in [1.165, 1.54) is 12.8 Å². The lowest BCUT2D eigenvalue weighted by atomic mass is 9.93. The van der Waals surface area contributed by atoms with E-state index in [0.717, 1.165) is 61.4 Å². The molecule has 0 bridgehead atoms. The predicted molar refractivity (Wildman–Crippen MR) is 115 cm³/mol. The first-order valence-electron chi connectivity index (χ1n) is 11.3. The van der Waals surface area contributed by atoms with E-state index in [0.29, 0.717) is 19.5 Å². The first kappa shape index (κ1) is 20.8. The summed E-state index contributed by atoms with van der Waals surface area (Å²) in [5.74, 6) is 1.52. The van der Waals surface area contributed by atoms with Crippen molar-refractivity contribution in [2.75, 3.05) is 26.7 Å². The highest BCUT2D eigenvalue weighted by Gasteiger charge is 2.46. The van der Waals surface area contributed by atoms with Gasteiger partial charge in [0.1, 0.15) is 0 Å². The average Bonchev–Trinajstić information content (AvgIpc) is 3.51. The molecule has 0 aromatic heterocycles. The maximum Gasteiger partial charge on any atom is 0.317 e. The van der Waals surface area contributed by atoms with E-state index >= 15 is 0 Å². The highest BCUT2D eigenvalue weighted by molar-refractivity contribution is 6.02. The highest BCUT2D eigenvalue weighted by atomic mass is 16.7. The van der Waals surface area contributed by atoms with Gasteiger partial charge in [-0.3, -0.25) is 0 Å². The van der Waals surface area contributed by atoms with Crippen molar-refractivity contribution in [3.63, 3.8) is 0 Å². The number of carbonyl (C=O) groups is 1. The van der Waals surface area contributed by atoms with Crippen LogP contribution < -0.4 is 14.8 Å². The van der Waals surface area contributed by atoms with Gasteiger partial charge in [-0.1, -0.05) is 18.5 Å². The number of benzene rings is 1. The Morgan fingerprint density at radius 1 is 1.33 bits per heavy atom. The minimum atomic E-state index is -0.413. The molecule has 3 aliphatic rings. The van der Waals surface area contributed by atoms with E-state index in [2.05, 4.69) is 17.4 Å². The summed E-state index contributed by atoms with van der Waals surface area (Å²) in [5, 5.41) is 7.39. The molecule has 1 aromatic rings. The summed E-state index contributed by atoms with van der Waals surface area (Å²) in [6.07, 6.45) is 8.45. The third kappa shape index (κ3) is 4.50. The number of nitrogens with one attached hydrogen (secondary N) is 1. The van der Waals surface area contributed by atoms with Gasteiger partial charge in [0.15, 0.2) is 17.1 Å². The third-order valence-corrected chi connectivity index (χ3v) is 6.34. The third-order valence-electron chi connectivity index (χ3n) is 6.34. The molecule has 1 saturated heterocycles. The molecule has 2 heterocycles. The molecule has 4 rings (SSSR count). The number of amides is 2. The summed E-state index contributed by atoms with van der Waals surface area (Å²) in [4.78, 5) is 20.1. The first-order chi connectivity index (χ1) is 14.6. The van der Waals surface area contributed by atoms with Gasteiger partial charge in [0.25, 0.3) is 0 Å². The van der Waals surface area contributed by atoms with E-state index in [9.17, 15) is 4.79 Å². The molecule has 1 N–H and O–H groups in total. The van der Waals surface area contributed by atoms with Gasteiger partial charge in [-0.2, -0.15) is 0 Å². The summed E-state index contributed by atoms with van der Waals surface area (Å²) < 4.78 is 11.7. The zero-order valence-corrected chi connectivity index (χ0v) is 18.1. The van der Waals surface area contributed by atoms with Crippen molar-refractivity contribution in [3.8, 4) is 11.5 Å². The molecule has 30 heavy (non-hydrogen) atoms. The summed E-state index contributed by atoms with van der Waals surface area (Å²) in [6, 6.07) is 5.96. The second-order valence-electron chi connectivity index (χ2n) is 8.64. The molecule has 1 aliphatic carbocycles. The van der Waals surface area contributed by atoms with Crippen LogP contribution in [0.15, 0.2) is 23.4 Å². The normalized spacial score (nSPS) is 23.5. The Kier molecular flexibility index (Phi) is 6.35. The van der Waals surface area contributed by atoms with Crippen molar-refractivity contribution in [1.29, 1.82) is 0 Å². The van der Waals surface area contributed by atoms with Gasteiger partial charge in [0.2, 0.25) is 0 Å². The number of urea groups is 1. The number of likely N-dealkylation sites (tertiary alicyclic amines) is 1. The fourth-order valence-electron chi connectivity index (χ4n) is 4.53. The largest absolute Gasteiger partial charge is 0.493 e. The molecule has 1 spiro atoms. The molecule has 0 radical (unpaired) electrons. The van der Waals surface area contributed by atoms with Crippen LogP contribution in [0, 0.1) is 0 Å². The molecule has 2 fully saturated rings. The zero-order valence-electron chi connectivity index (χ0n) is 18.1. The number of ether oxygens (including phenoxy) is 2. The van der Waals surface area contributed by atoms with Crippen LogP contribution in [0.3, 0.4) is 0 Å². The minimum Gasteiger partial charge on any atom is -0.493 e. The molecule has 2 amide bonds. The van der Waals surface area contributed by atoms with Gasteiger partial charge >= 0.3 is 6.03 Å². The van der Waals surface area contributed by atoms with E-state index in [1.54, 1.807) is 7.11 Å². The highest BCUT2D eigenvalue weighted by Crippen LogP contribution is 2.38. The molecule has 164 valence electrons. The molecule has 2 aliphatic heterocycles. The molecule has 1 saturated carbocycles. The van der Waals surface area contributed by atoms with Crippen molar-refractivity contribution in [2.45, 2.75) is 70.0 Å². The monoisotopic (exact) mass is 415 g/mol. The van der Waals surface area contributed by atoms with Crippen LogP contribution in [-0.2, 0) is 4.84 Å². The van der Waals surface area contributed by atoms with E-state index < -0.39 is 5.60 Å². The van der Waals surface area contributed by atoms with E-state index in [1.807, 2.05) is 23.1 Å². The van der Waals surface area contributed by atoms with Crippen molar-refractivity contribution in [3.05, 3.63) is 23.8 Å². The number of oxime groups is 1. The van der Waals surface area contributed by atoms with Crippen molar-refractivity contribution < 1.29 is 19.1 Å². The lowest BCUT2D eigenvalue weighted by molar-refractivity contribution is -0.00763. The Morgan fingerprint density at radius 3 is 2.93 bits per heavy atom. The number of hydrogen-bond donors (Lipinski definition) is 1. The smallest absolute Gasteiger partial charge is 0.317 e.